The van der Waals surface area contributed by atoms with E-state index in [1.165, 1.54) is 12.1 Å². The lowest BCUT2D eigenvalue weighted by Gasteiger charge is -2.02. The molecule has 0 N–H and O–H groups in total. The van der Waals surface area contributed by atoms with Gasteiger partial charge in [-0.15, -0.1) is 6.58 Å². The molecule has 1 rings (SSSR count). The first-order chi connectivity index (χ1) is 6.08. The van der Waals surface area contributed by atoms with Gasteiger partial charge in [0.1, 0.15) is 5.82 Å². The molecule has 1 aromatic rings. The second-order valence-corrected chi connectivity index (χ2v) is 3.67. The Labute approximate surface area is 83.0 Å². The van der Waals surface area contributed by atoms with Crippen LogP contribution in [-0.2, 0) is 6.42 Å². The first-order valence-corrected chi connectivity index (χ1v) is 4.55. The van der Waals surface area contributed by atoms with Gasteiger partial charge >= 0.3 is 0 Å². The molecule has 0 aliphatic carbocycles. The van der Waals surface area contributed by atoms with Gasteiger partial charge in [0.15, 0.2) is 0 Å². The Morgan fingerprint density at radius 1 is 1.46 bits per heavy atom. The summed E-state index contributed by atoms with van der Waals surface area (Å²) in [6.45, 7) is 5.75. The number of hydrogen-bond donors (Lipinski definition) is 0. The van der Waals surface area contributed by atoms with E-state index in [9.17, 15) is 4.39 Å². The highest BCUT2D eigenvalue weighted by molar-refractivity contribution is 6.30. The zero-order valence-corrected chi connectivity index (χ0v) is 8.37. The molecule has 0 spiro atoms. The summed E-state index contributed by atoms with van der Waals surface area (Å²) in [5.41, 5.74) is 2.02. The molecule has 70 valence electrons. The molecule has 0 atom stereocenters. The van der Waals surface area contributed by atoms with Crippen LogP contribution in [0.2, 0.25) is 5.02 Å². The van der Waals surface area contributed by atoms with Crippen molar-refractivity contribution in [1.82, 2.24) is 0 Å². The highest BCUT2D eigenvalue weighted by Crippen LogP contribution is 2.16. The Morgan fingerprint density at radius 2 is 2.15 bits per heavy atom. The van der Waals surface area contributed by atoms with E-state index in [2.05, 4.69) is 6.58 Å². The molecule has 13 heavy (non-hydrogen) atoms. The van der Waals surface area contributed by atoms with E-state index in [4.69, 9.17) is 11.6 Å². The van der Waals surface area contributed by atoms with Crippen molar-refractivity contribution in [2.45, 2.75) is 19.8 Å². The fourth-order valence-corrected chi connectivity index (χ4v) is 1.36. The maximum Gasteiger partial charge on any atom is 0.124 e. The predicted octanol–water partition coefficient (Wildman–Crippen LogP) is 3.99. The first kappa shape index (κ1) is 10.3. The average Bonchev–Trinajstić information content (AvgIpc) is 1.99. The fourth-order valence-electron chi connectivity index (χ4n) is 1.11. The maximum absolute atomic E-state index is 12.8. The van der Waals surface area contributed by atoms with Gasteiger partial charge in [-0.25, -0.2) is 4.39 Å². The Balaban J connectivity index is 2.71. The third-order valence-electron chi connectivity index (χ3n) is 1.76. The van der Waals surface area contributed by atoms with E-state index < -0.39 is 0 Å². The predicted molar refractivity (Wildman–Crippen MR) is 54.5 cm³/mol. The lowest BCUT2D eigenvalue weighted by atomic mass is 10.1. The summed E-state index contributed by atoms with van der Waals surface area (Å²) in [6.07, 6.45) is 1.67. The topological polar surface area (TPSA) is 0 Å². The monoisotopic (exact) mass is 198 g/mol. The average molecular weight is 199 g/mol. The molecule has 0 saturated heterocycles. The lowest BCUT2D eigenvalue weighted by Crippen LogP contribution is -1.87. The summed E-state index contributed by atoms with van der Waals surface area (Å²) in [7, 11) is 0. The van der Waals surface area contributed by atoms with E-state index in [1.54, 1.807) is 6.07 Å². The molecule has 0 unspecified atom stereocenters. The van der Waals surface area contributed by atoms with Gasteiger partial charge in [0.2, 0.25) is 0 Å². The van der Waals surface area contributed by atoms with Crippen LogP contribution in [0.3, 0.4) is 0 Å². The number of rotatable bonds is 3. The number of hydrogen-bond acceptors (Lipinski definition) is 0. The molecular formula is C11H12ClF. The Bertz CT molecular complexity index is 298. The van der Waals surface area contributed by atoms with Gasteiger partial charge in [-0.2, -0.15) is 0 Å². The van der Waals surface area contributed by atoms with Gasteiger partial charge in [0.05, 0.1) is 0 Å². The minimum absolute atomic E-state index is 0.274. The summed E-state index contributed by atoms with van der Waals surface area (Å²) in [4.78, 5) is 0. The van der Waals surface area contributed by atoms with Crippen LogP contribution < -0.4 is 0 Å². The van der Waals surface area contributed by atoms with E-state index in [1.807, 2.05) is 6.92 Å². The summed E-state index contributed by atoms with van der Waals surface area (Å²) in [5, 5.41) is 0.455. The van der Waals surface area contributed by atoms with Gasteiger partial charge in [-0.1, -0.05) is 17.2 Å². The number of halogens is 2. The fraction of sp³-hybridized carbons (Fsp3) is 0.273. The molecule has 0 bridgehead atoms. The number of allylic oxidation sites excluding steroid dienone is 1. The standard InChI is InChI=1S/C11H12ClF/c1-8(2)3-4-9-5-10(12)7-11(13)6-9/h5-7H,1,3-4H2,2H3. The molecule has 2 heteroatoms. The molecule has 0 aromatic heterocycles. The molecule has 0 heterocycles. The van der Waals surface area contributed by atoms with Crippen molar-refractivity contribution in [2.24, 2.45) is 0 Å². The van der Waals surface area contributed by atoms with Crippen LogP contribution in [0.5, 0.6) is 0 Å². The van der Waals surface area contributed by atoms with Gasteiger partial charge in [0.25, 0.3) is 0 Å². The minimum atomic E-state index is -0.274. The summed E-state index contributed by atoms with van der Waals surface area (Å²) in [6, 6.07) is 4.61. The molecule has 0 radical (unpaired) electrons. The van der Waals surface area contributed by atoms with Crippen molar-refractivity contribution in [3.05, 3.63) is 46.8 Å². The van der Waals surface area contributed by atoms with Crippen molar-refractivity contribution in [1.29, 1.82) is 0 Å². The van der Waals surface area contributed by atoms with Crippen LogP contribution in [0.15, 0.2) is 30.4 Å². The summed E-state index contributed by atoms with van der Waals surface area (Å²) in [5.74, 6) is -0.274. The van der Waals surface area contributed by atoms with Crippen molar-refractivity contribution >= 4 is 11.6 Å². The molecule has 0 aliphatic rings. The highest BCUT2D eigenvalue weighted by atomic mass is 35.5. The van der Waals surface area contributed by atoms with Crippen molar-refractivity contribution in [3.63, 3.8) is 0 Å². The van der Waals surface area contributed by atoms with Gasteiger partial charge in [-0.3, -0.25) is 0 Å². The molecule has 0 fully saturated rings. The Morgan fingerprint density at radius 3 is 2.69 bits per heavy atom. The first-order valence-electron chi connectivity index (χ1n) is 4.17. The molecule has 1 aromatic carbocycles. The van der Waals surface area contributed by atoms with Gasteiger partial charge in [-0.05, 0) is 43.5 Å². The second-order valence-electron chi connectivity index (χ2n) is 3.23. The van der Waals surface area contributed by atoms with Crippen molar-refractivity contribution < 1.29 is 4.39 Å². The third-order valence-corrected chi connectivity index (χ3v) is 1.98. The van der Waals surface area contributed by atoms with Gasteiger partial charge < -0.3 is 0 Å². The zero-order valence-electron chi connectivity index (χ0n) is 7.61. The van der Waals surface area contributed by atoms with Crippen LogP contribution in [0.4, 0.5) is 4.39 Å². The lowest BCUT2D eigenvalue weighted by molar-refractivity contribution is 0.625. The van der Waals surface area contributed by atoms with Crippen LogP contribution in [0.1, 0.15) is 18.9 Å². The normalized spacial score (nSPS) is 10.1. The Hall–Kier alpha value is -0.820. The van der Waals surface area contributed by atoms with E-state index in [0.29, 0.717) is 5.02 Å². The molecular weight excluding hydrogens is 187 g/mol. The van der Waals surface area contributed by atoms with Crippen LogP contribution >= 0.6 is 11.6 Å². The zero-order chi connectivity index (χ0) is 9.84. The van der Waals surface area contributed by atoms with E-state index in [-0.39, 0.29) is 5.82 Å². The van der Waals surface area contributed by atoms with Gasteiger partial charge in [0, 0.05) is 5.02 Å². The number of aryl methyl sites for hydroxylation is 1. The summed E-state index contributed by atoms with van der Waals surface area (Å²) >= 11 is 5.70. The smallest absolute Gasteiger partial charge is 0.124 e. The highest BCUT2D eigenvalue weighted by Gasteiger charge is 1.99. The summed E-state index contributed by atoms with van der Waals surface area (Å²) < 4.78 is 12.8. The van der Waals surface area contributed by atoms with Crippen LogP contribution in [0, 0.1) is 5.82 Å². The molecule has 0 nitrogen and oxygen atoms in total. The van der Waals surface area contributed by atoms with Crippen molar-refractivity contribution in [2.75, 3.05) is 0 Å². The second kappa shape index (κ2) is 4.43. The van der Waals surface area contributed by atoms with E-state index in [0.717, 1.165) is 24.0 Å². The maximum atomic E-state index is 12.8. The molecule has 0 amide bonds. The minimum Gasteiger partial charge on any atom is -0.207 e. The third kappa shape index (κ3) is 3.60. The number of benzene rings is 1. The van der Waals surface area contributed by atoms with E-state index >= 15 is 0 Å². The van der Waals surface area contributed by atoms with Crippen molar-refractivity contribution in [3.8, 4) is 0 Å². The SMILES string of the molecule is C=C(C)CCc1cc(F)cc(Cl)c1. The molecule has 0 saturated carbocycles. The van der Waals surface area contributed by atoms with Crippen LogP contribution in [0.25, 0.3) is 0 Å². The molecule has 0 aliphatic heterocycles. The largest absolute Gasteiger partial charge is 0.207 e. The Kier molecular flexibility index (Phi) is 3.49. The quantitative estimate of drug-likeness (QED) is 0.645. The van der Waals surface area contributed by atoms with Crippen LogP contribution in [-0.4, -0.2) is 0 Å².